The minimum absolute atomic E-state index is 0.856. The molecule has 0 radical (unpaired) electrons. The van der Waals surface area contributed by atoms with Gasteiger partial charge in [-0.25, -0.2) is 0 Å². The van der Waals surface area contributed by atoms with Crippen LogP contribution < -0.4 is 0 Å². The van der Waals surface area contributed by atoms with Crippen LogP contribution in [-0.2, 0) is 39.2 Å². The molecule has 9 N–H and O–H groups in total. The molecule has 0 unspecified atom stereocenters. The molecule has 0 fully saturated rings. The van der Waals surface area contributed by atoms with Crippen molar-refractivity contribution in [2.45, 2.75) is 36.6 Å². The fourth-order valence-corrected chi connectivity index (χ4v) is 6.33. The van der Waals surface area contributed by atoms with Crippen molar-refractivity contribution in [1.82, 2.24) is 0 Å². The van der Waals surface area contributed by atoms with Gasteiger partial charge in [-0.15, -0.1) is 0 Å². The van der Waals surface area contributed by atoms with Gasteiger partial charge in [-0.05, 0) is 0 Å². The molecule has 0 bridgehead atoms. The van der Waals surface area contributed by atoms with Gasteiger partial charge >= 0.3 is 211 Å². The summed E-state index contributed by atoms with van der Waals surface area (Å²) in [5, 5.41) is 87.6. The second-order valence-electron chi connectivity index (χ2n) is 7.51. The summed E-state index contributed by atoms with van der Waals surface area (Å²) in [5.74, 6) is -10.4. The van der Waals surface area contributed by atoms with Crippen molar-refractivity contribution < 1.29 is 85.1 Å². The van der Waals surface area contributed by atoms with Gasteiger partial charge in [-0.2, -0.15) is 0 Å². The Morgan fingerprint density at radius 3 is 1.05 bits per heavy atom. The number of cyclic esters (lactones) is 3. The minimum atomic E-state index is -4.92. The number of aliphatic hydroxyl groups excluding tert-OH is 9. The molecule has 0 amide bonds. The van der Waals surface area contributed by atoms with E-state index in [1.165, 1.54) is 0 Å². The molecule has 3 aliphatic rings. The molecule has 0 aromatic rings. The summed E-state index contributed by atoms with van der Waals surface area (Å²) >= 11 is -4.92. The molecule has 3 rings (SSSR count). The van der Waals surface area contributed by atoms with Gasteiger partial charge < -0.3 is 0 Å². The first-order valence-electron chi connectivity index (χ1n) is 10.2. The zero-order valence-corrected chi connectivity index (χ0v) is 20.8. The number of hydrogen-bond donors (Lipinski definition) is 9. The zero-order valence-electron chi connectivity index (χ0n) is 18.4. The van der Waals surface area contributed by atoms with Crippen LogP contribution in [-0.4, -0.2) is 138 Å². The summed E-state index contributed by atoms with van der Waals surface area (Å²) in [5.41, 5.74) is 0. The monoisotopic (exact) mass is 594 g/mol. The predicted molar refractivity (Wildman–Crippen MR) is 107 cm³/mol. The Kier molecular flexibility index (Phi) is 8.81. The van der Waals surface area contributed by atoms with Crippen LogP contribution >= 0.6 is 0 Å². The van der Waals surface area contributed by atoms with Crippen molar-refractivity contribution in [2.75, 3.05) is 19.8 Å². The molecule has 0 spiro atoms. The number of esters is 3. The molecule has 0 aromatic carbocycles. The summed E-state index contributed by atoms with van der Waals surface area (Å²) in [6.07, 6.45) is -11.0. The third-order valence-electron chi connectivity index (χ3n) is 5.04. The molecule has 19 heteroatoms. The molecule has 37 heavy (non-hydrogen) atoms. The fourth-order valence-electron chi connectivity index (χ4n) is 3.18. The zero-order chi connectivity index (χ0) is 27.6. The van der Waals surface area contributed by atoms with E-state index < -0.39 is 126 Å². The summed E-state index contributed by atoms with van der Waals surface area (Å²) in [6.45, 7) is -2.97. The Hall–Kier alpha value is -3.17. The molecule has 18 nitrogen and oxygen atoms in total. The average Bonchev–Trinajstić information content (AvgIpc) is 3.44. The predicted octanol–water partition coefficient (Wildman–Crippen LogP) is -4.83. The van der Waals surface area contributed by atoms with Crippen LogP contribution in [0.4, 0.5) is 0 Å². The van der Waals surface area contributed by atoms with Crippen LogP contribution in [0.2, 0.25) is 0 Å². The van der Waals surface area contributed by atoms with E-state index in [0.717, 1.165) is 0 Å². The molecule has 204 valence electrons. The maximum absolute atomic E-state index is 11.8. The van der Waals surface area contributed by atoms with E-state index in [4.69, 9.17) is 24.8 Å². The van der Waals surface area contributed by atoms with E-state index in [9.17, 15) is 60.3 Å². The second-order valence-corrected chi connectivity index (χ2v) is 10.2. The van der Waals surface area contributed by atoms with E-state index in [2.05, 4.69) is 0 Å². The molecule has 0 saturated heterocycles. The van der Waals surface area contributed by atoms with E-state index in [0.29, 0.717) is 0 Å². The Morgan fingerprint density at radius 1 is 0.595 bits per heavy atom. The van der Waals surface area contributed by atoms with Crippen LogP contribution in [0.1, 0.15) is 0 Å². The van der Waals surface area contributed by atoms with Crippen molar-refractivity contribution in [3.63, 3.8) is 0 Å². The number of hydrogen-bond acceptors (Lipinski definition) is 18. The van der Waals surface area contributed by atoms with Gasteiger partial charge in [-0.1, -0.05) is 0 Å². The first kappa shape index (κ1) is 28.4. The summed E-state index contributed by atoms with van der Waals surface area (Å²) < 4.78 is 30.3. The second kappa shape index (κ2) is 11.5. The quantitative estimate of drug-likeness (QED) is 0.0581. The number of ether oxygens (including phenoxy) is 3. The Bertz CT molecular complexity index is 905. The topological polar surface area (TPSA) is 289 Å². The standard InChI is InChI=1S/3C6H8O6.Ga/c3*7-1-2(8)5-3(9)4(10)6(11)12-5;/h3*2,5,7-10H,1H2;/q;;;+3/p-3/t3*2-,5+;/m000./s1. The average molecular weight is 595 g/mol. The Balaban J connectivity index is 2.02. The van der Waals surface area contributed by atoms with Crippen LogP contribution in [0.5, 0.6) is 0 Å². The van der Waals surface area contributed by atoms with Crippen molar-refractivity contribution in [3.05, 3.63) is 34.6 Å². The van der Waals surface area contributed by atoms with Crippen molar-refractivity contribution in [3.8, 4) is 0 Å². The van der Waals surface area contributed by atoms with Gasteiger partial charge in [0.1, 0.15) is 0 Å². The van der Waals surface area contributed by atoms with Crippen molar-refractivity contribution >= 4 is 35.2 Å². The molecule has 0 aliphatic carbocycles. The van der Waals surface area contributed by atoms with E-state index >= 15 is 0 Å². The van der Waals surface area contributed by atoms with Crippen LogP contribution in [0.15, 0.2) is 34.6 Å². The third kappa shape index (κ3) is 5.57. The number of aliphatic hydroxyl groups is 9. The molecular formula is C18H21GaO18. The van der Waals surface area contributed by atoms with Crippen molar-refractivity contribution in [1.29, 1.82) is 0 Å². The van der Waals surface area contributed by atoms with Crippen LogP contribution in [0, 0.1) is 0 Å². The fraction of sp³-hybridized carbons (Fsp3) is 0.500. The van der Waals surface area contributed by atoms with Gasteiger partial charge in [0.15, 0.2) is 0 Å². The van der Waals surface area contributed by atoms with Crippen molar-refractivity contribution in [2.24, 2.45) is 0 Å². The van der Waals surface area contributed by atoms with Gasteiger partial charge in [0.2, 0.25) is 0 Å². The Morgan fingerprint density at radius 2 is 0.838 bits per heavy atom. The molecule has 0 saturated carbocycles. The van der Waals surface area contributed by atoms with Gasteiger partial charge in [0, 0.05) is 0 Å². The Labute approximate surface area is 211 Å². The third-order valence-corrected chi connectivity index (χ3v) is 7.85. The number of carbonyl (C=O) groups is 3. The number of carbonyl (C=O) groups excluding carboxylic acids is 3. The number of rotatable bonds is 12. The maximum atomic E-state index is 11.8. The summed E-state index contributed by atoms with van der Waals surface area (Å²) in [6, 6.07) is 0. The van der Waals surface area contributed by atoms with E-state index in [1.54, 1.807) is 0 Å². The van der Waals surface area contributed by atoms with E-state index in [1.807, 2.05) is 0 Å². The SMILES string of the molecule is O=C1O[C@H]([C@@H](O)CO)C([O][Ga]([O]C2=C(O)C(=O)O[C@@H]2[C@@H](O)CO)[O]C2=C(O)C(=O)O[C@@H]2[C@@H](O)CO)=C1O. The molecule has 3 heterocycles. The summed E-state index contributed by atoms with van der Waals surface area (Å²) in [7, 11) is 0. The van der Waals surface area contributed by atoms with Gasteiger partial charge in [-0.3, -0.25) is 0 Å². The van der Waals surface area contributed by atoms with Crippen LogP contribution in [0.3, 0.4) is 0 Å². The first-order valence-corrected chi connectivity index (χ1v) is 13.2. The molecule has 3 aliphatic heterocycles. The van der Waals surface area contributed by atoms with Gasteiger partial charge in [0.25, 0.3) is 0 Å². The molecule has 0 aromatic heterocycles. The molecule has 6 atom stereocenters. The van der Waals surface area contributed by atoms with Gasteiger partial charge in [0.05, 0.1) is 0 Å². The summed E-state index contributed by atoms with van der Waals surface area (Å²) in [4.78, 5) is 35.5. The van der Waals surface area contributed by atoms with Crippen LogP contribution in [0.25, 0.3) is 0 Å². The normalized spacial score (nSPS) is 26.1. The first-order chi connectivity index (χ1) is 17.4. The van der Waals surface area contributed by atoms with E-state index in [-0.39, 0.29) is 0 Å². The molecular weight excluding hydrogens is 574 g/mol.